The van der Waals surface area contributed by atoms with Crippen LogP contribution in [-0.2, 0) is 0 Å². The highest BCUT2D eigenvalue weighted by atomic mass is 35.5. The summed E-state index contributed by atoms with van der Waals surface area (Å²) in [7, 11) is 0. The normalized spacial score (nSPS) is 17.7. The van der Waals surface area contributed by atoms with Gasteiger partial charge in [0.2, 0.25) is 0 Å². The van der Waals surface area contributed by atoms with Crippen molar-refractivity contribution >= 4 is 23.4 Å². The topological polar surface area (TPSA) is 80.2 Å². The fourth-order valence-electron chi connectivity index (χ4n) is 4.01. The lowest BCUT2D eigenvalue weighted by Crippen LogP contribution is -2.48. The molecule has 2 atom stereocenters. The summed E-state index contributed by atoms with van der Waals surface area (Å²) in [5, 5.41) is 6.72. The van der Waals surface area contributed by atoms with E-state index in [-0.39, 0.29) is 29.5 Å². The van der Waals surface area contributed by atoms with Gasteiger partial charge in [-0.05, 0) is 80.3 Å². The number of hydrogen-bond acceptors (Lipinski definition) is 3. The van der Waals surface area contributed by atoms with Crippen LogP contribution in [0.4, 0.5) is 0 Å². The third-order valence-electron chi connectivity index (χ3n) is 5.80. The molecule has 2 N–H and O–H groups in total. The minimum atomic E-state index is -0.203. The minimum absolute atomic E-state index is 0.134. The fraction of sp³-hybridized carbons (Fsp3) is 0.240. The number of aromatic nitrogens is 1. The van der Waals surface area contributed by atoms with Gasteiger partial charge in [-0.15, -0.1) is 0 Å². The highest BCUT2D eigenvalue weighted by Crippen LogP contribution is 2.21. The Hall–Kier alpha value is -3.38. The first kappa shape index (κ1) is 21.8. The van der Waals surface area contributed by atoms with Crippen LogP contribution in [0.2, 0.25) is 5.02 Å². The summed E-state index contributed by atoms with van der Waals surface area (Å²) in [4.78, 5) is 37.4. The van der Waals surface area contributed by atoms with Crippen LogP contribution in [0, 0.1) is 6.92 Å². The van der Waals surface area contributed by atoms with E-state index in [1.54, 1.807) is 60.8 Å². The zero-order chi connectivity index (χ0) is 22.7. The third kappa shape index (κ3) is 4.75. The Bertz CT molecular complexity index is 1200. The molecule has 1 aliphatic carbocycles. The van der Waals surface area contributed by atoms with Gasteiger partial charge in [0.15, 0.2) is 0 Å². The van der Waals surface area contributed by atoms with Crippen molar-refractivity contribution in [2.75, 3.05) is 0 Å². The highest BCUT2D eigenvalue weighted by Gasteiger charge is 2.30. The van der Waals surface area contributed by atoms with E-state index >= 15 is 0 Å². The predicted molar refractivity (Wildman–Crippen MR) is 125 cm³/mol. The number of aryl methyl sites for hydroxylation is 1. The van der Waals surface area contributed by atoms with E-state index < -0.39 is 0 Å². The Morgan fingerprint density at radius 1 is 0.906 bits per heavy atom. The summed E-state index contributed by atoms with van der Waals surface area (Å²) < 4.78 is 1.52. The fourth-order valence-corrected chi connectivity index (χ4v) is 4.13. The van der Waals surface area contributed by atoms with Crippen molar-refractivity contribution in [1.29, 1.82) is 0 Å². The van der Waals surface area contributed by atoms with Gasteiger partial charge in [0.1, 0.15) is 0 Å². The average Bonchev–Trinajstić information content (AvgIpc) is 3.22. The molecule has 0 spiro atoms. The zero-order valence-electron chi connectivity index (χ0n) is 17.7. The number of amides is 2. The molecule has 1 aromatic heterocycles. The zero-order valence-corrected chi connectivity index (χ0v) is 18.4. The molecular formula is C25H24ClN3O3. The molecule has 1 aliphatic rings. The highest BCUT2D eigenvalue weighted by molar-refractivity contribution is 6.31. The van der Waals surface area contributed by atoms with Crippen LogP contribution in [0.25, 0.3) is 5.69 Å². The van der Waals surface area contributed by atoms with E-state index in [2.05, 4.69) is 10.6 Å². The molecule has 3 aromatic rings. The number of hydrogen-bond donors (Lipinski definition) is 2. The number of rotatable bonds is 5. The molecule has 164 valence electrons. The first-order valence-electron chi connectivity index (χ1n) is 10.6. The van der Waals surface area contributed by atoms with Gasteiger partial charge in [-0.25, -0.2) is 0 Å². The lowest BCUT2D eigenvalue weighted by atomic mass is 10.1. The van der Waals surface area contributed by atoms with Gasteiger partial charge in [-0.2, -0.15) is 0 Å². The van der Waals surface area contributed by atoms with Gasteiger partial charge in [0.05, 0.1) is 0 Å². The first-order chi connectivity index (χ1) is 15.4. The SMILES string of the molecule is Cc1cc(C(=O)N[C@@H]2CCC[C@@H]2NC(=O)c2ccc(-n3ccccc3=O)cc2)ccc1Cl. The predicted octanol–water partition coefficient (Wildman–Crippen LogP) is 3.88. The Kier molecular flexibility index (Phi) is 6.42. The molecule has 0 aliphatic heterocycles. The van der Waals surface area contributed by atoms with Crippen molar-refractivity contribution in [2.24, 2.45) is 0 Å². The Labute approximate surface area is 191 Å². The second kappa shape index (κ2) is 9.40. The molecule has 1 heterocycles. The summed E-state index contributed by atoms with van der Waals surface area (Å²) in [6, 6.07) is 16.7. The maximum atomic E-state index is 12.8. The van der Waals surface area contributed by atoms with Crippen molar-refractivity contribution in [3.05, 3.63) is 98.9 Å². The van der Waals surface area contributed by atoms with Gasteiger partial charge in [-0.1, -0.05) is 17.7 Å². The van der Waals surface area contributed by atoms with E-state index in [9.17, 15) is 14.4 Å². The number of benzene rings is 2. The molecule has 4 rings (SSSR count). The summed E-state index contributed by atoms with van der Waals surface area (Å²) in [6.07, 6.45) is 4.21. The largest absolute Gasteiger partial charge is 0.347 e. The number of pyridine rings is 1. The summed E-state index contributed by atoms with van der Waals surface area (Å²) in [5.74, 6) is -0.376. The van der Waals surface area contributed by atoms with E-state index in [0.717, 1.165) is 24.8 Å². The number of nitrogens with zero attached hydrogens (tertiary/aromatic N) is 1. The minimum Gasteiger partial charge on any atom is -0.347 e. The van der Waals surface area contributed by atoms with E-state index in [0.29, 0.717) is 21.8 Å². The molecule has 7 heteroatoms. The van der Waals surface area contributed by atoms with E-state index in [1.165, 1.54) is 10.6 Å². The lowest BCUT2D eigenvalue weighted by molar-refractivity contribution is 0.0892. The van der Waals surface area contributed by atoms with Crippen LogP contribution < -0.4 is 16.2 Å². The summed E-state index contributed by atoms with van der Waals surface area (Å²) in [6.45, 7) is 1.86. The standard InChI is InChI=1S/C25H24ClN3O3/c1-16-15-18(10-13-20(16)26)25(32)28-22-6-4-5-21(22)27-24(31)17-8-11-19(12-9-17)29-14-3-2-7-23(29)30/h2-3,7-15,21-22H,4-6H2,1H3,(H,27,31)(H,28,32)/t21-,22+/m0/s1. The van der Waals surface area contributed by atoms with Gasteiger partial charge in [0.25, 0.3) is 17.4 Å². The maximum absolute atomic E-state index is 12.8. The summed E-state index contributed by atoms with van der Waals surface area (Å²) in [5.41, 5.74) is 2.46. The van der Waals surface area contributed by atoms with Crippen LogP contribution in [-0.4, -0.2) is 28.5 Å². The van der Waals surface area contributed by atoms with Gasteiger partial charge in [-0.3, -0.25) is 19.0 Å². The smallest absolute Gasteiger partial charge is 0.255 e. The van der Waals surface area contributed by atoms with Crippen LogP contribution in [0.3, 0.4) is 0 Å². The second-order valence-corrected chi connectivity index (χ2v) is 8.42. The van der Waals surface area contributed by atoms with Crippen molar-refractivity contribution in [3.8, 4) is 5.69 Å². The average molecular weight is 450 g/mol. The number of nitrogens with one attached hydrogen (secondary N) is 2. The van der Waals surface area contributed by atoms with Crippen LogP contribution in [0.15, 0.2) is 71.7 Å². The van der Waals surface area contributed by atoms with Gasteiger partial charge >= 0.3 is 0 Å². The first-order valence-corrected chi connectivity index (χ1v) is 11.0. The number of carbonyl (C=O) groups excluding carboxylic acids is 2. The Morgan fingerprint density at radius 2 is 1.53 bits per heavy atom. The Morgan fingerprint density at radius 3 is 2.16 bits per heavy atom. The third-order valence-corrected chi connectivity index (χ3v) is 6.22. The Balaban J connectivity index is 1.41. The van der Waals surface area contributed by atoms with Gasteiger partial charge in [0, 0.05) is 46.2 Å². The molecule has 32 heavy (non-hydrogen) atoms. The lowest BCUT2D eigenvalue weighted by Gasteiger charge is -2.22. The molecule has 0 saturated heterocycles. The van der Waals surface area contributed by atoms with E-state index in [4.69, 9.17) is 11.6 Å². The number of halogens is 1. The molecule has 1 fully saturated rings. The maximum Gasteiger partial charge on any atom is 0.255 e. The number of carbonyl (C=O) groups is 2. The molecule has 2 amide bonds. The van der Waals surface area contributed by atoms with Crippen molar-refractivity contribution in [1.82, 2.24) is 15.2 Å². The molecule has 6 nitrogen and oxygen atoms in total. The molecule has 2 aromatic carbocycles. The molecule has 0 unspecified atom stereocenters. The second-order valence-electron chi connectivity index (χ2n) is 8.01. The summed E-state index contributed by atoms with van der Waals surface area (Å²) >= 11 is 6.05. The monoisotopic (exact) mass is 449 g/mol. The van der Waals surface area contributed by atoms with Crippen LogP contribution >= 0.6 is 11.6 Å². The quantitative estimate of drug-likeness (QED) is 0.620. The van der Waals surface area contributed by atoms with Crippen LogP contribution in [0.5, 0.6) is 0 Å². The molecule has 1 saturated carbocycles. The van der Waals surface area contributed by atoms with Crippen molar-refractivity contribution in [3.63, 3.8) is 0 Å². The van der Waals surface area contributed by atoms with Crippen molar-refractivity contribution < 1.29 is 9.59 Å². The van der Waals surface area contributed by atoms with E-state index in [1.807, 2.05) is 6.92 Å². The molecule has 0 bridgehead atoms. The molecule has 0 radical (unpaired) electrons. The van der Waals surface area contributed by atoms with Gasteiger partial charge < -0.3 is 10.6 Å². The molecular weight excluding hydrogens is 426 g/mol. The van der Waals surface area contributed by atoms with Crippen LogP contribution in [0.1, 0.15) is 45.5 Å². The van der Waals surface area contributed by atoms with Crippen molar-refractivity contribution in [2.45, 2.75) is 38.3 Å².